The van der Waals surface area contributed by atoms with Gasteiger partial charge in [0.25, 0.3) is 0 Å². The van der Waals surface area contributed by atoms with E-state index in [1.807, 2.05) is 0 Å². The summed E-state index contributed by atoms with van der Waals surface area (Å²) in [5, 5.41) is 0. The smallest absolute Gasteiger partial charge is 0.243 e. The van der Waals surface area contributed by atoms with Gasteiger partial charge in [-0.05, 0) is 43.9 Å². The molecule has 0 aromatic heterocycles. The molecule has 1 heterocycles. The van der Waals surface area contributed by atoms with Crippen LogP contribution in [0.1, 0.15) is 25.7 Å². The van der Waals surface area contributed by atoms with Gasteiger partial charge in [0, 0.05) is 17.6 Å². The van der Waals surface area contributed by atoms with Gasteiger partial charge in [0.05, 0.1) is 6.10 Å². The zero-order chi connectivity index (χ0) is 14.6. The first-order chi connectivity index (χ1) is 9.49. The van der Waals surface area contributed by atoms with Gasteiger partial charge in [0.1, 0.15) is 10.7 Å². The molecule has 0 aliphatic carbocycles. The van der Waals surface area contributed by atoms with E-state index in [1.54, 1.807) is 0 Å². The van der Waals surface area contributed by atoms with Crippen LogP contribution in [0.25, 0.3) is 0 Å². The molecule has 1 aliphatic heterocycles. The van der Waals surface area contributed by atoms with Crippen molar-refractivity contribution >= 4 is 26.0 Å². The maximum absolute atomic E-state index is 13.7. The second-order valence-electron chi connectivity index (χ2n) is 4.75. The average molecular weight is 366 g/mol. The van der Waals surface area contributed by atoms with Crippen LogP contribution in [-0.2, 0) is 14.8 Å². The van der Waals surface area contributed by atoms with Crippen molar-refractivity contribution in [3.8, 4) is 0 Å². The van der Waals surface area contributed by atoms with Crippen molar-refractivity contribution in [2.24, 2.45) is 0 Å². The molecule has 1 unspecified atom stereocenters. The highest BCUT2D eigenvalue weighted by molar-refractivity contribution is 9.10. The Morgan fingerprint density at radius 2 is 2.20 bits per heavy atom. The fraction of sp³-hybridized carbons (Fsp3) is 0.538. The first-order valence-corrected chi connectivity index (χ1v) is 8.83. The molecule has 1 fully saturated rings. The van der Waals surface area contributed by atoms with E-state index in [9.17, 15) is 12.8 Å². The van der Waals surface area contributed by atoms with E-state index in [2.05, 4.69) is 20.7 Å². The summed E-state index contributed by atoms with van der Waals surface area (Å²) in [5.41, 5.74) is 0. The van der Waals surface area contributed by atoms with Crippen LogP contribution in [0.15, 0.2) is 27.6 Å². The second kappa shape index (κ2) is 6.98. The monoisotopic (exact) mass is 365 g/mol. The van der Waals surface area contributed by atoms with Crippen molar-refractivity contribution < 1.29 is 17.5 Å². The van der Waals surface area contributed by atoms with Gasteiger partial charge >= 0.3 is 0 Å². The molecule has 1 aromatic carbocycles. The van der Waals surface area contributed by atoms with Gasteiger partial charge in [0.15, 0.2) is 0 Å². The molecule has 1 aromatic rings. The molecule has 1 aliphatic rings. The van der Waals surface area contributed by atoms with Crippen molar-refractivity contribution in [2.75, 3.05) is 13.2 Å². The van der Waals surface area contributed by atoms with E-state index in [-0.39, 0.29) is 17.5 Å². The molecule has 4 nitrogen and oxygen atoms in total. The van der Waals surface area contributed by atoms with E-state index in [0.717, 1.165) is 31.9 Å². The zero-order valence-corrected chi connectivity index (χ0v) is 13.3. The summed E-state index contributed by atoms with van der Waals surface area (Å²) in [7, 11) is -3.81. The lowest BCUT2D eigenvalue weighted by Gasteiger charge is -2.22. The minimum absolute atomic E-state index is 0.0983. The van der Waals surface area contributed by atoms with Gasteiger partial charge < -0.3 is 4.74 Å². The van der Waals surface area contributed by atoms with E-state index < -0.39 is 15.8 Å². The molecule has 1 saturated heterocycles. The average Bonchev–Trinajstić information content (AvgIpc) is 2.39. The van der Waals surface area contributed by atoms with E-state index in [4.69, 9.17) is 4.74 Å². The summed E-state index contributed by atoms with van der Waals surface area (Å²) >= 11 is 3.10. The molecule has 20 heavy (non-hydrogen) atoms. The SMILES string of the molecule is O=S(=O)(NCCC1CCCCO1)c1ccc(Br)cc1F. The van der Waals surface area contributed by atoms with Crippen molar-refractivity contribution in [3.63, 3.8) is 0 Å². The second-order valence-corrected chi connectivity index (χ2v) is 7.40. The van der Waals surface area contributed by atoms with Crippen LogP contribution in [0, 0.1) is 5.82 Å². The Bertz CT molecular complexity index is 559. The lowest BCUT2D eigenvalue weighted by molar-refractivity contribution is 0.0123. The maximum atomic E-state index is 13.7. The largest absolute Gasteiger partial charge is 0.378 e. The Balaban J connectivity index is 1.93. The standard InChI is InChI=1S/C13H17BrFNO3S/c14-10-4-5-13(12(15)9-10)20(17,18)16-7-6-11-3-1-2-8-19-11/h4-5,9,11,16H,1-3,6-8H2. The minimum atomic E-state index is -3.81. The lowest BCUT2D eigenvalue weighted by atomic mass is 10.1. The molecule has 2 rings (SSSR count). The Kier molecular flexibility index (Phi) is 5.54. The van der Waals surface area contributed by atoms with Crippen LogP contribution in [0.4, 0.5) is 4.39 Å². The molecular formula is C13H17BrFNO3S. The number of sulfonamides is 1. The zero-order valence-electron chi connectivity index (χ0n) is 10.9. The van der Waals surface area contributed by atoms with Crippen LogP contribution >= 0.6 is 15.9 Å². The molecule has 1 N–H and O–H groups in total. The quantitative estimate of drug-likeness (QED) is 0.872. The molecule has 112 valence electrons. The molecule has 0 bridgehead atoms. The Labute approximate surface area is 126 Å². The van der Waals surface area contributed by atoms with Crippen LogP contribution in [-0.4, -0.2) is 27.7 Å². The first kappa shape index (κ1) is 15.9. The Morgan fingerprint density at radius 3 is 2.85 bits per heavy atom. The van der Waals surface area contributed by atoms with Crippen molar-refractivity contribution in [1.29, 1.82) is 0 Å². The summed E-state index contributed by atoms with van der Waals surface area (Å²) in [6, 6.07) is 3.89. The normalized spacial score (nSPS) is 20.0. The number of rotatable bonds is 5. The van der Waals surface area contributed by atoms with Gasteiger partial charge in [-0.3, -0.25) is 0 Å². The minimum Gasteiger partial charge on any atom is -0.378 e. The Hall–Kier alpha value is -0.500. The molecule has 0 saturated carbocycles. The van der Waals surface area contributed by atoms with Crippen LogP contribution in [0.3, 0.4) is 0 Å². The van der Waals surface area contributed by atoms with Crippen LogP contribution in [0.2, 0.25) is 0 Å². The number of halogens is 2. The number of hydrogen-bond acceptors (Lipinski definition) is 3. The highest BCUT2D eigenvalue weighted by Gasteiger charge is 2.20. The predicted octanol–water partition coefficient (Wildman–Crippen LogP) is 2.83. The topological polar surface area (TPSA) is 55.4 Å². The predicted molar refractivity (Wildman–Crippen MR) is 77.5 cm³/mol. The number of nitrogens with one attached hydrogen (secondary N) is 1. The fourth-order valence-corrected chi connectivity index (χ4v) is 3.60. The van der Waals surface area contributed by atoms with Gasteiger partial charge in [0.2, 0.25) is 10.0 Å². The number of ether oxygens (including phenoxy) is 1. The van der Waals surface area contributed by atoms with Crippen molar-refractivity contribution in [3.05, 3.63) is 28.5 Å². The van der Waals surface area contributed by atoms with Gasteiger partial charge in [-0.1, -0.05) is 15.9 Å². The number of hydrogen-bond donors (Lipinski definition) is 1. The van der Waals surface area contributed by atoms with E-state index in [0.29, 0.717) is 10.9 Å². The highest BCUT2D eigenvalue weighted by Crippen LogP contribution is 2.20. The van der Waals surface area contributed by atoms with Gasteiger partial charge in [-0.2, -0.15) is 0 Å². The fourth-order valence-electron chi connectivity index (χ4n) is 2.16. The molecule has 1 atom stereocenters. The summed E-state index contributed by atoms with van der Waals surface area (Å²) < 4.78 is 46.1. The third kappa shape index (κ3) is 4.25. The van der Waals surface area contributed by atoms with Crippen molar-refractivity contribution in [1.82, 2.24) is 4.72 Å². The van der Waals surface area contributed by atoms with Gasteiger partial charge in [-0.15, -0.1) is 0 Å². The molecular weight excluding hydrogens is 349 g/mol. The summed E-state index contributed by atoms with van der Waals surface area (Å²) in [6.45, 7) is 0.987. The highest BCUT2D eigenvalue weighted by atomic mass is 79.9. The summed E-state index contributed by atoms with van der Waals surface area (Å²) in [6.07, 6.45) is 3.83. The first-order valence-electron chi connectivity index (χ1n) is 6.55. The van der Waals surface area contributed by atoms with E-state index >= 15 is 0 Å². The molecule has 7 heteroatoms. The van der Waals surface area contributed by atoms with E-state index in [1.165, 1.54) is 12.1 Å². The lowest BCUT2D eigenvalue weighted by Crippen LogP contribution is -2.30. The van der Waals surface area contributed by atoms with Crippen LogP contribution in [0.5, 0.6) is 0 Å². The molecule has 0 spiro atoms. The molecule has 0 radical (unpaired) electrons. The molecule has 0 amide bonds. The summed E-state index contributed by atoms with van der Waals surface area (Å²) in [5.74, 6) is -0.763. The van der Waals surface area contributed by atoms with Crippen LogP contribution < -0.4 is 4.72 Å². The third-order valence-electron chi connectivity index (χ3n) is 3.22. The van der Waals surface area contributed by atoms with Crippen molar-refractivity contribution in [2.45, 2.75) is 36.7 Å². The number of benzene rings is 1. The summed E-state index contributed by atoms with van der Waals surface area (Å²) in [4.78, 5) is -0.328. The Morgan fingerprint density at radius 1 is 1.40 bits per heavy atom. The van der Waals surface area contributed by atoms with Gasteiger partial charge in [-0.25, -0.2) is 17.5 Å². The maximum Gasteiger partial charge on any atom is 0.243 e. The third-order valence-corrected chi connectivity index (χ3v) is 5.20.